The van der Waals surface area contributed by atoms with E-state index in [-0.39, 0.29) is 22.8 Å². The van der Waals surface area contributed by atoms with Crippen molar-refractivity contribution in [2.45, 2.75) is 84.2 Å². The fourth-order valence-electron chi connectivity index (χ4n) is 5.45. The molecule has 4 nitrogen and oxygen atoms in total. The van der Waals surface area contributed by atoms with E-state index in [1.165, 1.54) is 5.56 Å². The Bertz CT molecular complexity index is 1190. The zero-order valence-electron chi connectivity index (χ0n) is 21.2. The van der Waals surface area contributed by atoms with E-state index in [1.54, 1.807) is 0 Å². The number of fused-ring (bicyclic) bond motifs is 1. The Morgan fingerprint density at radius 2 is 1.82 bits per heavy atom. The number of aromatic nitrogens is 2. The van der Waals surface area contributed by atoms with Crippen molar-refractivity contribution in [3.63, 3.8) is 0 Å². The fraction of sp³-hybridized carbons (Fsp3) is 0.448. The van der Waals surface area contributed by atoms with E-state index in [2.05, 4.69) is 69.4 Å². The van der Waals surface area contributed by atoms with Crippen molar-refractivity contribution in [1.82, 2.24) is 9.78 Å². The molecule has 0 radical (unpaired) electrons. The number of hydrogen-bond donors (Lipinski definition) is 1. The number of carbonyl (C=O) groups excluding carboxylic acids is 1. The smallest absolute Gasteiger partial charge is 0.169 e. The molecular formula is C29H36ClN3O. The summed E-state index contributed by atoms with van der Waals surface area (Å²) in [4.78, 5) is 14.0. The molecule has 1 aromatic heterocycles. The van der Waals surface area contributed by atoms with Crippen LogP contribution in [0.4, 0.5) is 5.82 Å². The number of rotatable bonds is 7. The van der Waals surface area contributed by atoms with E-state index in [0.29, 0.717) is 6.42 Å². The lowest BCUT2D eigenvalue weighted by molar-refractivity contribution is 0.0944. The van der Waals surface area contributed by atoms with Crippen LogP contribution in [0.15, 0.2) is 48.5 Å². The van der Waals surface area contributed by atoms with Crippen molar-refractivity contribution in [2.75, 3.05) is 5.32 Å². The van der Waals surface area contributed by atoms with E-state index >= 15 is 0 Å². The van der Waals surface area contributed by atoms with Crippen molar-refractivity contribution in [1.29, 1.82) is 0 Å². The number of halogens is 1. The lowest BCUT2D eigenvalue weighted by Gasteiger charge is -2.38. The average Bonchev–Trinajstić information content (AvgIpc) is 3.16. The van der Waals surface area contributed by atoms with Crippen molar-refractivity contribution in [2.24, 2.45) is 0 Å². The van der Waals surface area contributed by atoms with Crippen LogP contribution >= 0.6 is 11.6 Å². The van der Waals surface area contributed by atoms with E-state index in [4.69, 9.17) is 16.7 Å². The van der Waals surface area contributed by atoms with Crippen LogP contribution < -0.4 is 5.32 Å². The summed E-state index contributed by atoms with van der Waals surface area (Å²) in [5.41, 5.74) is 4.45. The molecule has 5 heteroatoms. The molecule has 4 rings (SSSR count). The molecule has 1 atom stereocenters. The van der Waals surface area contributed by atoms with Crippen LogP contribution in [0.2, 0.25) is 5.02 Å². The summed E-state index contributed by atoms with van der Waals surface area (Å²) in [5, 5.41) is 9.28. The molecule has 3 aromatic rings. The second-order valence-electron chi connectivity index (χ2n) is 10.4. The predicted octanol–water partition coefficient (Wildman–Crippen LogP) is 7.78. The Morgan fingerprint density at radius 3 is 2.44 bits per heavy atom. The highest BCUT2D eigenvalue weighted by Gasteiger charge is 2.40. The zero-order chi connectivity index (χ0) is 24.7. The van der Waals surface area contributed by atoms with E-state index < -0.39 is 0 Å². The number of carbonyl (C=O) groups is 1. The van der Waals surface area contributed by atoms with Crippen molar-refractivity contribution in [3.8, 4) is 0 Å². The molecule has 180 valence electrons. The largest absolute Gasteiger partial charge is 0.363 e. The van der Waals surface area contributed by atoms with Gasteiger partial charge < -0.3 is 5.32 Å². The highest BCUT2D eigenvalue weighted by atomic mass is 35.5. The quantitative estimate of drug-likeness (QED) is 0.353. The summed E-state index contributed by atoms with van der Waals surface area (Å²) in [5.74, 6) is 0.979. The third-order valence-electron chi connectivity index (χ3n) is 7.77. The van der Waals surface area contributed by atoms with E-state index in [0.717, 1.165) is 52.5 Å². The Morgan fingerprint density at radius 1 is 1.15 bits per heavy atom. The van der Waals surface area contributed by atoms with Gasteiger partial charge in [-0.2, -0.15) is 5.10 Å². The summed E-state index contributed by atoms with van der Waals surface area (Å²) in [6.07, 6.45) is 3.05. The third kappa shape index (κ3) is 4.29. The summed E-state index contributed by atoms with van der Waals surface area (Å²) < 4.78 is 2.03. The first kappa shape index (κ1) is 24.5. The van der Waals surface area contributed by atoms with Gasteiger partial charge in [0.1, 0.15) is 5.82 Å². The first-order valence-electron chi connectivity index (χ1n) is 12.3. The van der Waals surface area contributed by atoms with Crippen LogP contribution in [0.1, 0.15) is 92.2 Å². The number of ketones is 1. The molecule has 2 heterocycles. The molecule has 0 saturated heterocycles. The molecule has 2 aromatic carbocycles. The molecular weight excluding hydrogens is 442 g/mol. The molecule has 1 N–H and O–H groups in total. The topological polar surface area (TPSA) is 46.9 Å². The summed E-state index contributed by atoms with van der Waals surface area (Å²) >= 11 is 6.49. The Balaban J connectivity index is 1.73. The van der Waals surface area contributed by atoms with Gasteiger partial charge in [0.15, 0.2) is 5.78 Å². The molecule has 0 bridgehead atoms. The zero-order valence-corrected chi connectivity index (χ0v) is 22.0. The van der Waals surface area contributed by atoms with Crippen LogP contribution in [-0.2, 0) is 11.0 Å². The molecule has 0 spiro atoms. The number of hydrogen-bond acceptors (Lipinski definition) is 3. The monoisotopic (exact) mass is 477 g/mol. The van der Waals surface area contributed by atoms with Crippen molar-refractivity contribution in [3.05, 3.63) is 81.5 Å². The van der Waals surface area contributed by atoms with Gasteiger partial charge in [0.05, 0.1) is 22.8 Å². The minimum Gasteiger partial charge on any atom is -0.363 e. The van der Waals surface area contributed by atoms with Gasteiger partial charge in [-0.15, -0.1) is 0 Å². The normalized spacial score (nSPS) is 17.2. The second kappa shape index (κ2) is 9.22. The summed E-state index contributed by atoms with van der Waals surface area (Å²) in [7, 11) is 0. The number of benzene rings is 2. The predicted molar refractivity (Wildman–Crippen MR) is 141 cm³/mol. The van der Waals surface area contributed by atoms with Crippen LogP contribution in [0.3, 0.4) is 0 Å². The average molecular weight is 478 g/mol. The molecule has 1 aliphatic rings. The van der Waals surface area contributed by atoms with Crippen LogP contribution in [0, 0.1) is 13.8 Å². The summed E-state index contributed by atoms with van der Waals surface area (Å²) in [6.45, 7) is 12.7. The standard InChI is InChI=1S/C29H36ClN3O/c1-7-29(8-2,22-15-14-19(3)23(30)16-22)18-25(34)26-20(4)32-33-27(26)31-24(17-28(33,5)6)21-12-10-9-11-13-21/h9-16,24,31H,7-8,17-18H2,1-6H3/t24-/m1/s1. The van der Waals surface area contributed by atoms with Crippen LogP contribution in [0.5, 0.6) is 0 Å². The van der Waals surface area contributed by atoms with Gasteiger partial charge in [-0.3, -0.25) is 4.79 Å². The summed E-state index contributed by atoms with van der Waals surface area (Å²) in [6, 6.07) is 16.8. The van der Waals surface area contributed by atoms with E-state index in [9.17, 15) is 4.79 Å². The van der Waals surface area contributed by atoms with Gasteiger partial charge in [-0.1, -0.05) is 67.9 Å². The van der Waals surface area contributed by atoms with Crippen molar-refractivity contribution < 1.29 is 4.79 Å². The maximum Gasteiger partial charge on any atom is 0.169 e. The minimum absolute atomic E-state index is 0.129. The molecule has 0 amide bonds. The molecule has 0 saturated carbocycles. The molecule has 0 aliphatic carbocycles. The number of nitrogens with one attached hydrogen (secondary N) is 1. The molecule has 0 fully saturated rings. The van der Waals surface area contributed by atoms with Crippen LogP contribution in [-0.4, -0.2) is 15.6 Å². The minimum atomic E-state index is -0.265. The Kier molecular flexibility index (Phi) is 6.65. The lowest BCUT2D eigenvalue weighted by Crippen LogP contribution is -2.38. The maximum absolute atomic E-state index is 14.0. The van der Waals surface area contributed by atoms with Gasteiger partial charge in [-0.05, 0) is 69.7 Å². The van der Waals surface area contributed by atoms with Crippen LogP contribution in [0.25, 0.3) is 0 Å². The SMILES string of the molecule is CCC(CC)(CC(=O)c1c(C)nn2c1N[C@@H](c1ccccc1)CC2(C)C)c1ccc(C)c(Cl)c1. The van der Waals surface area contributed by atoms with Gasteiger partial charge >= 0.3 is 0 Å². The lowest BCUT2D eigenvalue weighted by atomic mass is 9.71. The highest BCUT2D eigenvalue weighted by molar-refractivity contribution is 6.31. The fourth-order valence-corrected chi connectivity index (χ4v) is 5.63. The van der Waals surface area contributed by atoms with Gasteiger partial charge in [0, 0.05) is 16.9 Å². The number of nitrogens with zero attached hydrogens (tertiary/aromatic N) is 2. The van der Waals surface area contributed by atoms with Crippen molar-refractivity contribution >= 4 is 23.2 Å². The second-order valence-corrected chi connectivity index (χ2v) is 10.8. The molecule has 0 unspecified atom stereocenters. The number of anilines is 1. The van der Waals surface area contributed by atoms with Gasteiger partial charge in [-0.25, -0.2) is 4.68 Å². The first-order valence-corrected chi connectivity index (χ1v) is 12.7. The van der Waals surface area contributed by atoms with Gasteiger partial charge in [0.25, 0.3) is 0 Å². The Hall–Kier alpha value is -2.59. The maximum atomic E-state index is 14.0. The highest BCUT2D eigenvalue weighted by Crippen LogP contribution is 2.43. The number of aryl methyl sites for hydroxylation is 2. The van der Waals surface area contributed by atoms with Gasteiger partial charge in [0.2, 0.25) is 0 Å². The Labute approximate surface area is 208 Å². The third-order valence-corrected chi connectivity index (χ3v) is 8.17. The molecule has 34 heavy (non-hydrogen) atoms. The number of Topliss-reactive ketones (excluding diaryl/α,β-unsaturated/α-hetero) is 1. The first-order chi connectivity index (χ1) is 16.1. The molecule has 1 aliphatic heterocycles. The van der Waals surface area contributed by atoms with E-state index in [1.807, 2.05) is 30.7 Å².